The van der Waals surface area contributed by atoms with Gasteiger partial charge in [0.25, 0.3) is 0 Å². The van der Waals surface area contributed by atoms with Gasteiger partial charge in [0.2, 0.25) is 5.91 Å². The van der Waals surface area contributed by atoms with Crippen LogP contribution in [-0.2, 0) is 11.3 Å². The summed E-state index contributed by atoms with van der Waals surface area (Å²) >= 11 is 0. The largest absolute Gasteiger partial charge is 0.337 e. The number of benzene rings is 1. The van der Waals surface area contributed by atoms with Crippen LogP contribution in [0.5, 0.6) is 0 Å². The van der Waals surface area contributed by atoms with Crippen molar-refractivity contribution in [3.05, 3.63) is 35.9 Å². The number of piperazine rings is 1. The first kappa shape index (κ1) is 22.2. The number of hydrogen-bond donors (Lipinski definition) is 1. The van der Waals surface area contributed by atoms with Crippen LogP contribution in [0.1, 0.15) is 32.3 Å². The third-order valence-corrected chi connectivity index (χ3v) is 5.42. The molecule has 2 aliphatic heterocycles. The van der Waals surface area contributed by atoms with E-state index >= 15 is 0 Å². The van der Waals surface area contributed by atoms with Crippen LogP contribution in [-0.4, -0.2) is 54.0 Å². The predicted molar refractivity (Wildman–Crippen MR) is 108 cm³/mol. The molecule has 142 valence electrons. The molecule has 25 heavy (non-hydrogen) atoms. The quantitative estimate of drug-likeness (QED) is 0.865. The lowest BCUT2D eigenvalue weighted by Gasteiger charge is -2.42. The van der Waals surface area contributed by atoms with Crippen molar-refractivity contribution in [1.29, 1.82) is 0 Å². The van der Waals surface area contributed by atoms with Crippen LogP contribution in [0, 0.1) is 5.92 Å². The number of nitrogens with one attached hydrogen (secondary N) is 1. The van der Waals surface area contributed by atoms with E-state index in [1.54, 1.807) is 0 Å². The molecular formula is C19H31Cl2N3O. The van der Waals surface area contributed by atoms with Gasteiger partial charge in [0.15, 0.2) is 0 Å². The normalized spacial score (nSPS) is 27.1. The highest BCUT2D eigenvalue weighted by molar-refractivity contribution is 5.85. The van der Waals surface area contributed by atoms with Gasteiger partial charge in [0, 0.05) is 38.3 Å². The minimum absolute atomic E-state index is 0. The number of hydrogen-bond acceptors (Lipinski definition) is 3. The SMILES string of the molecule is CC1NCCN(C(=O)C2CCCN(Cc3ccccc3)C2)C1C.Cl.Cl. The van der Waals surface area contributed by atoms with E-state index in [4.69, 9.17) is 0 Å². The Morgan fingerprint density at radius 1 is 1.16 bits per heavy atom. The van der Waals surface area contributed by atoms with E-state index < -0.39 is 0 Å². The van der Waals surface area contributed by atoms with Gasteiger partial charge in [-0.1, -0.05) is 30.3 Å². The average molecular weight is 388 g/mol. The summed E-state index contributed by atoms with van der Waals surface area (Å²) in [6.45, 7) is 9.06. The molecule has 2 saturated heterocycles. The fourth-order valence-electron chi connectivity index (χ4n) is 3.84. The number of carbonyl (C=O) groups is 1. The van der Waals surface area contributed by atoms with Crippen LogP contribution >= 0.6 is 24.8 Å². The summed E-state index contributed by atoms with van der Waals surface area (Å²) in [7, 11) is 0. The van der Waals surface area contributed by atoms with Crippen molar-refractivity contribution in [2.24, 2.45) is 5.92 Å². The molecule has 6 heteroatoms. The Balaban J connectivity index is 0.00000156. The Kier molecular flexibility index (Phi) is 9.22. The van der Waals surface area contributed by atoms with E-state index in [1.807, 2.05) is 0 Å². The zero-order chi connectivity index (χ0) is 16.2. The minimum atomic E-state index is 0. The molecule has 3 unspecified atom stereocenters. The summed E-state index contributed by atoms with van der Waals surface area (Å²) in [4.78, 5) is 17.5. The number of amides is 1. The maximum absolute atomic E-state index is 13.0. The van der Waals surface area contributed by atoms with Gasteiger partial charge in [0.1, 0.15) is 0 Å². The van der Waals surface area contributed by atoms with Crippen LogP contribution in [0.3, 0.4) is 0 Å². The van der Waals surface area contributed by atoms with Crippen LogP contribution in [0.4, 0.5) is 0 Å². The summed E-state index contributed by atoms with van der Waals surface area (Å²) in [5.74, 6) is 0.531. The summed E-state index contributed by atoms with van der Waals surface area (Å²) in [5, 5.41) is 3.46. The molecule has 0 radical (unpaired) electrons. The van der Waals surface area contributed by atoms with Gasteiger partial charge in [-0.2, -0.15) is 0 Å². The fraction of sp³-hybridized carbons (Fsp3) is 0.632. The monoisotopic (exact) mass is 387 g/mol. The third-order valence-electron chi connectivity index (χ3n) is 5.42. The molecule has 3 rings (SSSR count). The first-order valence-electron chi connectivity index (χ1n) is 8.95. The van der Waals surface area contributed by atoms with Crippen molar-refractivity contribution in [1.82, 2.24) is 15.1 Å². The van der Waals surface area contributed by atoms with Crippen molar-refractivity contribution in [3.8, 4) is 0 Å². The van der Waals surface area contributed by atoms with Gasteiger partial charge in [-0.15, -0.1) is 24.8 Å². The minimum Gasteiger partial charge on any atom is -0.337 e. The molecule has 2 aliphatic rings. The summed E-state index contributed by atoms with van der Waals surface area (Å²) in [5.41, 5.74) is 1.34. The van der Waals surface area contributed by atoms with E-state index in [0.717, 1.165) is 45.6 Å². The van der Waals surface area contributed by atoms with Crippen LogP contribution in [0.15, 0.2) is 30.3 Å². The van der Waals surface area contributed by atoms with Crippen LogP contribution in [0.2, 0.25) is 0 Å². The Morgan fingerprint density at radius 2 is 1.88 bits per heavy atom. The molecule has 2 heterocycles. The molecule has 3 atom stereocenters. The number of halogens is 2. The standard InChI is InChI=1S/C19H29N3O.2ClH/c1-15-16(2)22(12-10-20-15)19(23)18-9-6-11-21(14-18)13-17-7-4-3-5-8-17;;/h3-5,7-8,15-16,18,20H,6,9-14H2,1-2H3;2*1H. The summed E-state index contributed by atoms with van der Waals surface area (Å²) < 4.78 is 0. The Morgan fingerprint density at radius 3 is 2.60 bits per heavy atom. The maximum atomic E-state index is 13.0. The van der Waals surface area contributed by atoms with Gasteiger partial charge in [-0.3, -0.25) is 9.69 Å². The van der Waals surface area contributed by atoms with Crippen molar-refractivity contribution in [3.63, 3.8) is 0 Å². The van der Waals surface area contributed by atoms with Crippen LogP contribution in [0.25, 0.3) is 0 Å². The van der Waals surface area contributed by atoms with E-state index in [9.17, 15) is 4.79 Å². The molecule has 0 spiro atoms. The van der Waals surface area contributed by atoms with Gasteiger partial charge in [-0.05, 0) is 38.8 Å². The third kappa shape index (κ3) is 5.58. The van der Waals surface area contributed by atoms with Gasteiger partial charge in [-0.25, -0.2) is 0 Å². The first-order chi connectivity index (χ1) is 11.1. The van der Waals surface area contributed by atoms with Gasteiger partial charge in [0.05, 0.1) is 5.92 Å². The molecule has 1 amide bonds. The number of likely N-dealkylation sites (tertiary alicyclic amines) is 1. The Bertz CT molecular complexity index is 529. The average Bonchev–Trinajstić information content (AvgIpc) is 2.58. The molecular weight excluding hydrogens is 357 g/mol. The number of piperidine rings is 1. The number of rotatable bonds is 3. The van der Waals surface area contributed by atoms with Crippen molar-refractivity contribution < 1.29 is 4.79 Å². The van der Waals surface area contributed by atoms with Crippen molar-refractivity contribution in [2.45, 2.75) is 45.3 Å². The lowest BCUT2D eigenvalue weighted by molar-refractivity contribution is -0.141. The van der Waals surface area contributed by atoms with Crippen molar-refractivity contribution >= 4 is 30.7 Å². The molecule has 0 aliphatic carbocycles. The number of nitrogens with zero attached hydrogens (tertiary/aromatic N) is 2. The molecule has 0 aromatic heterocycles. The Hall–Kier alpha value is -0.810. The van der Waals surface area contributed by atoms with E-state index in [2.05, 4.69) is 59.3 Å². The van der Waals surface area contributed by atoms with Crippen LogP contribution < -0.4 is 5.32 Å². The zero-order valence-corrected chi connectivity index (χ0v) is 16.8. The molecule has 1 N–H and O–H groups in total. The van der Waals surface area contributed by atoms with E-state index in [0.29, 0.717) is 18.0 Å². The second-order valence-electron chi connectivity index (χ2n) is 7.07. The Labute approximate surface area is 164 Å². The number of carbonyl (C=O) groups excluding carboxylic acids is 1. The van der Waals surface area contributed by atoms with Gasteiger partial charge < -0.3 is 10.2 Å². The molecule has 2 fully saturated rings. The fourth-order valence-corrected chi connectivity index (χ4v) is 3.84. The lowest BCUT2D eigenvalue weighted by atomic mass is 9.94. The lowest BCUT2D eigenvalue weighted by Crippen LogP contribution is -2.59. The predicted octanol–water partition coefficient (Wildman–Crippen LogP) is 2.95. The highest BCUT2D eigenvalue weighted by Crippen LogP contribution is 2.23. The zero-order valence-electron chi connectivity index (χ0n) is 15.2. The second kappa shape index (κ2) is 10.4. The topological polar surface area (TPSA) is 35.6 Å². The highest BCUT2D eigenvalue weighted by atomic mass is 35.5. The molecule has 4 nitrogen and oxygen atoms in total. The van der Waals surface area contributed by atoms with E-state index in [1.165, 1.54) is 5.56 Å². The molecule has 0 saturated carbocycles. The highest BCUT2D eigenvalue weighted by Gasteiger charge is 2.34. The smallest absolute Gasteiger partial charge is 0.227 e. The molecule has 1 aromatic carbocycles. The van der Waals surface area contributed by atoms with Gasteiger partial charge >= 0.3 is 0 Å². The first-order valence-corrected chi connectivity index (χ1v) is 8.95. The van der Waals surface area contributed by atoms with Crippen molar-refractivity contribution in [2.75, 3.05) is 26.2 Å². The van der Waals surface area contributed by atoms with E-state index in [-0.39, 0.29) is 30.7 Å². The maximum Gasteiger partial charge on any atom is 0.227 e. The summed E-state index contributed by atoms with van der Waals surface area (Å²) in [6, 6.07) is 11.3. The molecule has 0 bridgehead atoms. The second-order valence-corrected chi connectivity index (χ2v) is 7.07. The molecule has 1 aromatic rings. The summed E-state index contributed by atoms with van der Waals surface area (Å²) in [6.07, 6.45) is 2.16.